The zero-order valence-electron chi connectivity index (χ0n) is 13.6. The third-order valence-electron chi connectivity index (χ3n) is 4.58. The molecule has 0 spiro atoms. The SMILES string of the molecule is O=C(Cc1ccc(Cl)c(F)c1)C(=O)NC1Cc2c(Cl)cccc2C1CO. The molecule has 0 saturated carbocycles. The van der Waals surface area contributed by atoms with Crippen LogP contribution in [-0.4, -0.2) is 29.4 Å². The minimum absolute atomic E-state index is 0.0444. The van der Waals surface area contributed by atoms with Gasteiger partial charge < -0.3 is 10.4 Å². The molecular weight excluding hydrogens is 380 g/mol. The molecule has 2 unspecified atom stereocenters. The van der Waals surface area contributed by atoms with Crippen LogP contribution in [0.15, 0.2) is 36.4 Å². The number of fused-ring (bicyclic) bond motifs is 1. The number of amides is 1. The van der Waals surface area contributed by atoms with Crippen LogP contribution in [0.25, 0.3) is 0 Å². The number of rotatable bonds is 5. The van der Waals surface area contributed by atoms with E-state index in [2.05, 4.69) is 5.32 Å². The molecule has 0 heterocycles. The van der Waals surface area contributed by atoms with Gasteiger partial charge in [0, 0.05) is 23.4 Å². The Labute approximate surface area is 159 Å². The molecule has 0 aromatic heterocycles. The molecule has 2 aromatic carbocycles. The van der Waals surface area contributed by atoms with Crippen molar-refractivity contribution in [2.45, 2.75) is 24.8 Å². The Morgan fingerprint density at radius 2 is 1.96 bits per heavy atom. The predicted molar refractivity (Wildman–Crippen MR) is 97.0 cm³/mol. The summed E-state index contributed by atoms with van der Waals surface area (Å²) < 4.78 is 13.5. The maximum absolute atomic E-state index is 13.5. The number of benzene rings is 2. The molecular formula is C19H16Cl2FNO3. The number of hydrogen-bond donors (Lipinski definition) is 2. The topological polar surface area (TPSA) is 66.4 Å². The summed E-state index contributed by atoms with van der Waals surface area (Å²) in [6.45, 7) is -0.172. The van der Waals surface area contributed by atoms with E-state index in [4.69, 9.17) is 23.2 Å². The average Bonchev–Trinajstić information content (AvgIpc) is 2.96. The minimum atomic E-state index is -0.771. The van der Waals surface area contributed by atoms with Gasteiger partial charge in [-0.15, -0.1) is 0 Å². The van der Waals surface area contributed by atoms with Crippen molar-refractivity contribution in [3.05, 3.63) is 69.0 Å². The Kier molecular flexibility index (Phi) is 5.61. The molecule has 0 aliphatic heterocycles. The van der Waals surface area contributed by atoms with Gasteiger partial charge in [0.25, 0.3) is 5.91 Å². The van der Waals surface area contributed by atoms with E-state index in [0.29, 0.717) is 17.0 Å². The number of Topliss-reactive ketones (excluding diaryl/α,β-unsaturated/α-hetero) is 1. The molecule has 0 bridgehead atoms. The normalized spacial score (nSPS) is 18.5. The lowest BCUT2D eigenvalue weighted by atomic mass is 9.99. The van der Waals surface area contributed by atoms with Gasteiger partial charge in [0.05, 0.1) is 11.6 Å². The van der Waals surface area contributed by atoms with Gasteiger partial charge in [0.15, 0.2) is 0 Å². The summed E-state index contributed by atoms with van der Waals surface area (Å²) in [5.41, 5.74) is 2.10. The smallest absolute Gasteiger partial charge is 0.287 e. The van der Waals surface area contributed by atoms with Gasteiger partial charge in [-0.3, -0.25) is 9.59 Å². The van der Waals surface area contributed by atoms with Crippen molar-refractivity contribution < 1.29 is 19.1 Å². The van der Waals surface area contributed by atoms with Crippen LogP contribution < -0.4 is 5.32 Å². The van der Waals surface area contributed by atoms with Crippen LogP contribution in [0.3, 0.4) is 0 Å². The highest BCUT2D eigenvalue weighted by Crippen LogP contribution is 2.37. The third-order valence-corrected chi connectivity index (χ3v) is 5.24. The van der Waals surface area contributed by atoms with Crippen LogP contribution in [0.2, 0.25) is 10.0 Å². The number of hydrogen-bond acceptors (Lipinski definition) is 3. The monoisotopic (exact) mass is 395 g/mol. The lowest BCUT2D eigenvalue weighted by Gasteiger charge is -2.19. The molecule has 1 aliphatic rings. The number of aliphatic hydroxyl groups excluding tert-OH is 1. The highest BCUT2D eigenvalue weighted by molar-refractivity contribution is 6.36. The van der Waals surface area contributed by atoms with E-state index in [1.165, 1.54) is 12.1 Å². The van der Waals surface area contributed by atoms with Crippen LogP contribution in [0.4, 0.5) is 4.39 Å². The number of ketones is 1. The summed E-state index contributed by atoms with van der Waals surface area (Å²) in [7, 11) is 0. The molecule has 3 rings (SSSR count). The lowest BCUT2D eigenvalue weighted by Crippen LogP contribution is -2.42. The second kappa shape index (κ2) is 7.74. The Bertz CT molecular complexity index is 872. The van der Waals surface area contributed by atoms with Crippen molar-refractivity contribution in [1.29, 1.82) is 0 Å². The fourth-order valence-corrected chi connectivity index (χ4v) is 3.63. The molecule has 7 heteroatoms. The van der Waals surface area contributed by atoms with Gasteiger partial charge in [0.1, 0.15) is 5.82 Å². The van der Waals surface area contributed by atoms with E-state index >= 15 is 0 Å². The second-order valence-corrected chi connectivity index (χ2v) is 7.04. The standard InChI is InChI=1S/C19H16Cl2FNO3/c20-14-3-1-2-11-12(14)8-17(13(11)9-24)23-19(26)18(25)7-10-4-5-15(21)16(22)6-10/h1-6,13,17,24H,7-9H2,(H,23,26). The van der Waals surface area contributed by atoms with Crippen LogP contribution in [0, 0.1) is 5.82 Å². The molecule has 1 aliphatic carbocycles. The average molecular weight is 396 g/mol. The van der Waals surface area contributed by atoms with Crippen molar-refractivity contribution in [3.8, 4) is 0 Å². The summed E-state index contributed by atoms with van der Waals surface area (Å²) in [6, 6.07) is 8.94. The largest absolute Gasteiger partial charge is 0.396 e. The first-order valence-corrected chi connectivity index (χ1v) is 8.82. The van der Waals surface area contributed by atoms with Crippen LogP contribution in [0.1, 0.15) is 22.6 Å². The van der Waals surface area contributed by atoms with Gasteiger partial charge in [-0.1, -0.05) is 41.4 Å². The molecule has 2 N–H and O–H groups in total. The van der Waals surface area contributed by atoms with Gasteiger partial charge in [-0.2, -0.15) is 0 Å². The van der Waals surface area contributed by atoms with Gasteiger partial charge >= 0.3 is 0 Å². The number of carbonyl (C=O) groups is 2. The first-order valence-electron chi connectivity index (χ1n) is 8.06. The Balaban J connectivity index is 1.68. The van der Waals surface area contributed by atoms with E-state index in [0.717, 1.165) is 17.2 Å². The molecule has 0 fully saturated rings. The zero-order chi connectivity index (χ0) is 18.8. The second-order valence-electron chi connectivity index (χ2n) is 6.23. The van der Waals surface area contributed by atoms with Crippen molar-refractivity contribution in [2.24, 2.45) is 0 Å². The van der Waals surface area contributed by atoms with Crippen LogP contribution in [0.5, 0.6) is 0 Å². The fourth-order valence-electron chi connectivity index (χ4n) is 3.26. The molecule has 136 valence electrons. The van der Waals surface area contributed by atoms with E-state index in [1.807, 2.05) is 6.07 Å². The summed E-state index contributed by atoms with van der Waals surface area (Å²) >= 11 is 11.8. The molecule has 1 amide bonds. The highest BCUT2D eigenvalue weighted by atomic mass is 35.5. The van der Waals surface area contributed by atoms with E-state index in [1.54, 1.807) is 12.1 Å². The first-order chi connectivity index (χ1) is 12.4. The van der Waals surface area contributed by atoms with E-state index in [9.17, 15) is 19.1 Å². The number of nitrogens with one attached hydrogen (secondary N) is 1. The minimum Gasteiger partial charge on any atom is -0.396 e. The van der Waals surface area contributed by atoms with Crippen molar-refractivity contribution >= 4 is 34.9 Å². The summed E-state index contributed by atoms with van der Waals surface area (Å²) in [5, 5.41) is 12.9. The third kappa shape index (κ3) is 3.75. The Hall–Kier alpha value is -1.95. The van der Waals surface area contributed by atoms with Crippen LogP contribution in [-0.2, 0) is 22.4 Å². The fraction of sp³-hybridized carbons (Fsp3) is 0.263. The molecule has 2 aromatic rings. The van der Waals surface area contributed by atoms with Crippen LogP contribution >= 0.6 is 23.2 Å². The Morgan fingerprint density at radius 3 is 2.65 bits per heavy atom. The lowest BCUT2D eigenvalue weighted by molar-refractivity contribution is -0.138. The maximum atomic E-state index is 13.5. The summed E-state index contributed by atoms with van der Waals surface area (Å²) in [4.78, 5) is 24.4. The number of aliphatic hydroxyl groups is 1. The molecule has 0 radical (unpaired) electrons. The summed E-state index contributed by atoms with van der Waals surface area (Å²) in [6.07, 6.45) is 0.207. The highest BCUT2D eigenvalue weighted by Gasteiger charge is 2.35. The molecule has 4 nitrogen and oxygen atoms in total. The quantitative estimate of drug-likeness (QED) is 0.764. The first kappa shape index (κ1) is 18.8. The van der Waals surface area contributed by atoms with Crippen molar-refractivity contribution in [1.82, 2.24) is 5.32 Å². The van der Waals surface area contributed by atoms with Gasteiger partial charge in [0.2, 0.25) is 5.78 Å². The van der Waals surface area contributed by atoms with E-state index < -0.39 is 23.5 Å². The maximum Gasteiger partial charge on any atom is 0.287 e. The molecule has 26 heavy (non-hydrogen) atoms. The number of halogens is 3. The van der Waals surface area contributed by atoms with Gasteiger partial charge in [-0.25, -0.2) is 4.39 Å². The van der Waals surface area contributed by atoms with Gasteiger partial charge in [-0.05, 0) is 41.3 Å². The zero-order valence-corrected chi connectivity index (χ0v) is 15.1. The summed E-state index contributed by atoms with van der Waals surface area (Å²) in [5.74, 6) is -2.43. The van der Waals surface area contributed by atoms with E-state index in [-0.39, 0.29) is 24.0 Å². The predicted octanol–water partition coefficient (Wildman–Crippen LogP) is 3.06. The van der Waals surface area contributed by atoms with Crippen molar-refractivity contribution in [3.63, 3.8) is 0 Å². The number of carbonyl (C=O) groups excluding carboxylic acids is 2. The molecule has 2 atom stereocenters. The Morgan fingerprint density at radius 1 is 1.19 bits per heavy atom. The molecule has 0 saturated heterocycles. The van der Waals surface area contributed by atoms with Crippen molar-refractivity contribution in [2.75, 3.05) is 6.61 Å².